The van der Waals surface area contributed by atoms with Gasteiger partial charge in [0, 0.05) is 6.54 Å². The molecule has 1 fully saturated rings. The Morgan fingerprint density at radius 1 is 1.35 bits per heavy atom. The number of aryl methyl sites for hydroxylation is 1. The Bertz CT molecular complexity index is 669. The van der Waals surface area contributed by atoms with Crippen LogP contribution in [0.3, 0.4) is 0 Å². The summed E-state index contributed by atoms with van der Waals surface area (Å²) in [6.07, 6.45) is 0. The first-order valence-electron chi connectivity index (χ1n) is 6.33. The van der Waals surface area contributed by atoms with Crippen LogP contribution >= 0.6 is 11.8 Å². The molecule has 1 aromatic carbocycles. The molecule has 0 aliphatic carbocycles. The van der Waals surface area contributed by atoms with Gasteiger partial charge in [0.25, 0.3) is 0 Å². The van der Waals surface area contributed by atoms with Crippen molar-refractivity contribution in [3.05, 3.63) is 29.8 Å². The predicted molar refractivity (Wildman–Crippen MR) is 79.4 cm³/mol. The molecule has 20 heavy (non-hydrogen) atoms. The SMILES string of the molecule is CC1=NC2(O)CN(S(=O)(=O)c3ccc(C)cc3)CC2S1. The Balaban J connectivity index is 1.90. The number of sulfonamides is 1. The van der Waals surface area contributed by atoms with Crippen molar-refractivity contribution in [1.82, 2.24) is 4.31 Å². The van der Waals surface area contributed by atoms with Gasteiger partial charge in [-0.15, -0.1) is 11.8 Å². The molecule has 2 aliphatic rings. The Morgan fingerprint density at radius 2 is 2.00 bits per heavy atom. The van der Waals surface area contributed by atoms with Crippen molar-refractivity contribution in [3.8, 4) is 0 Å². The summed E-state index contributed by atoms with van der Waals surface area (Å²) < 4.78 is 26.4. The first-order chi connectivity index (χ1) is 9.31. The zero-order valence-electron chi connectivity index (χ0n) is 11.3. The van der Waals surface area contributed by atoms with Crippen LogP contribution in [-0.4, -0.2) is 46.9 Å². The molecule has 3 rings (SSSR count). The number of aliphatic imine (C=N–C) groups is 1. The van der Waals surface area contributed by atoms with E-state index in [1.165, 1.54) is 16.1 Å². The van der Waals surface area contributed by atoms with E-state index in [-0.39, 0.29) is 23.2 Å². The van der Waals surface area contributed by atoms with E-state index in [1.807, 2.05) is 13.8 Å². The lowest BCUT2D eigenvalue weighted by Crippen LogP contribution is -2.36. The number of hydrogen-bond donors (Lipinski definition) is 1. The molecule has 2 unspecified atom stereocenters. The van der Waals surface area contributed by atoms with Gasteiger partial charge in [-0.2, -0.15) is 4.31 Å². The topological polar surface area (TPSA) is 70.0 Å². The van der Waals surface area contributed by atoms with Crippen LogP contribution in [0.4, 0.5) is 0 Å². The second-order valence-corrected chi connectivity index (χ2v) is 8.56. The number of benzene rings is 1. The molecule has 5 nitrogen and oxygen atoms in total. The molecule has 1 aromatic rings. The highest BCUT2D eigenvalue weighted by Gasteiger charge is 2.52. The van der Waals surface area contributed by atoms with E-state index >= 15 is 0 Å². The average Bonchev–Trinajstić information content (AvgIpc) is 2.80. The lowest BCUT2D eigenvalue weighted by Gasteiger charge is -2.18. The molecule has 0 spiro atoms. The molecule has 108 valence electrons. The van der Waals surface area contributed by atoms with Crippen molar-refractivity contribution in [3.63, 3.8) is 0 Å². The van der Waals surface area contributed by atoms with E-state index in [0.29, 0.717) is 0 Å². The predicted octanol–water partition coefficient (Wildman–Crippen LogP) is 1.22. The van der Waals surface area contributed by atoms with Crippen molar-refractivity contribution in [2.75, 3.05) is 13.1 Å². The largest absolute Gasteiger partial charge is 0.367 e. The Morgan fingerprint density at radius 3 is 2.60 bits per heavy atom. The van der Waals surface area contributed by atoms with Crippen LogP contribution in [0.5, 0.6) is 0 Å². The van der Waals surface area contributed by atoms with Gasteiger partial charge < -0.3 is 5.11 Å². The first kappa shape index (κ1) is 14.1. The smallest absolute Gasteiger partial charge is 0.243 e. The Labute approximate surface area is 122 Å². The summed E-state index contributed by atoms with van der Waals surface area (Å²) in [5.41, 5.74) is -0.261. The number of aliphatic hydroxyl groups is 1. The van der Waals surface area contributed by atoms with Crippen molar-refractivity contribution in [2.24, 2.45) is 4.99 Å². The number of rotatable bonds is 2. The van der Waals surface area contributed by atoms with Gasteiger partial charge in [-0.25, -0.2) is 13.4 Å². The van der Waals surface area contributed by atoms with Gasteiger partial charge in [0.2, 0.25) is 10.0 Å². The van der Waals surface area contributed by atoms with Crippen molar-refractivity contribution >= 4 is 26.8 Å². The zero-order valence-corrected chi connectivity index (χ0v) is 12.9. The third kappa shape index (κ3) is 2.18. The summed E-state index contributed by atoms with van der Waals surface area (Å²) in [6, 6.07) is 6.75. The highest BCUT2D eigenvalue weighted by Crippen LogP contribution is 2.41. The molecule has 2 atom stereocenters. The Hall–Kier alpha value is -0.890. The normalized spacial score (nSPS) is 30.4. The highest BCUT2D eigenvalue weighted by atomic mass is 32.2. The minimum absolute atomic E-state index is 0.0260. The number of thioether (sulfide) groups is 1. The van der Waals surface area contributed by atoms with E-state index in [2.05, 4.69) is 4.99 Å². The summed E-state index contributed by atoms with van der Waals surface area (Å²) in [5, 5.41) is 11.0. The fourth-order valence-corrected chi connectivity index (χ4v) is 5.31. The standard InChI is InChI=1S/C13H16N2O3S2/c1-9-3-5-11(6-4-9)20(17,18)15-7-12-13(16,8-15)14-10(2)19-12/h3-6,12,16H,7-8H2,1-2H3. The quantitative estimate of drug-likeness (QED) is 0.891. The van der Waals surface area contributed by atoms with E-state index in [0.717, 1.165) is 10.6 Å². The fourth-order valence-electron chi connectivity index (χ4n) is 2.54. The molecule has 0 saturated carbocycles. The molecule has 2 heterocycles. The van der Waals surface area contributed by atoms with Crippen LogP contribution in [0.2, 0.25) is 0 Å². The molecule has 0 bridgehead atoms. The van der Waals surface area contributed by atoms with Gasteiger partial charge in [-0.3, -0.25) is 0 Å². The summed E-state index contributed by atoms with van der Waals surface area (Å²) in [7, 11) is -3.56. The molecular weight excluding hydrogens is 296 g/mol. The van der Waals surface area contributed by atoms with E-state index in [1.54, 1.807) is 24.3 Å². The molecule has 0 aromatic heterocycles. The molecule has 0 radical (unpaired) electrons. The molecule has 1 N–H and O–H groups in total. The highest BCUT2D eigenvalue weighted by molar-refractivity contribution is 8.14. The maximum atomic E-state index is 12.6. The third-order valence-corrected chi connectivity index (χ3v) is 6.69. The van der Waals surface area contributed by atoms with Crippen LogP contribution in [0.25, 0.3) is 0 Å². The lowest BCUT2D eigenvalue weighted by molar-refractivity contribution is 0.0733. The fraction of sp³-hybridized carbons (Fsp3) is 0.462. The molecular formula is C13H16N2O3S2. The second kappa shape index (κ2) is 4.56. The van der Waals surface area contributed by atoms with Crippen LogP contribution in [0.1, 0.15) is 12.5 Å². The number of fused-ring (bicyclic) bond motifs is 1. The van der Waals surface area contributed by atoms with Gasteiger partial charge in [0.05, 0.1) is 21.7 Å². The summed E-state index contributed by atoms with van der Waals surface area (Å²) in [6.45, 7) is 4.06. The molecule has 2 aliphatic heterocycles. The van der Waals surface area contributed by atoms with E-state index in [9.17, 15) is 13.5 Å². The number of hydrogen-bond acceptors (Lipinski definition) is 5. The van der Waals surface area contributed by atoms with Crippen molar-refractivity contribution in [1.29, 1.82) is 0 Å². The van der Waals surface area contributed by atoms with Gasteiger partial charge in [0.1, 0.15) is 0 Å². The van der Waals surface area contributed by atoms with Crippen LogP contribution in [0, 0.1) is 6.92 Å². The van der Waals surface area contributed by atoms with Gasteiger partial charge in [0.15, 0.2) is 5.72 Å². The average molecular weight is 312 g/mol. The maximum Gasteiger partial charge on any atom is 0.243 e. The van der Waals surface area contributed by atoms with Gasteiger partial charge >= 0.3 is 0 Å². The molecule has 0 amide bonds. The lowest BCUT2D eigenvalue weighted by atomic mass is 10.2. The monoisotopic (exact) mass is 312 g/mol. The van der Waals surface area contributed by atoms with Crippen LogP contribution in [-0.2, 0) is 10.0 Å². The van der Waals surface area contributed by atoms with Crippen LogP contribution in [0.15, 0.2) is 34.2 Å². The maximum absolute atomic E-state index is 12.6. The van der Waals surface area contributed by atoms with E-state index in [4.69, 9.17) is 0 Å². The third-order valence-electron chi connectivity index (χ3n) is 3.62. The van der Waals surface area contributed by atoms with Crippen LogP contribution < -0.4 is 0 Å². The van der Waals surface area contributed by atoms with Gasteiger partial charge in [-0.05, 0) is 26.0 Å². The minimum Gasteiger partial charge on any atom is -0.367 e. The summed E-state index contributed by atoms with van der Waals surface area (Å²) in [4.78, 5) is 4.44. The van der Waals surface area contributed by atoms with Gasteiger partial charge in [-0.1, -0.05) is 17.7 Å². The minimum atomic E-state index is -3.56. The summed E-state index contributed by atoms with van der Waals surface area (Å²) >= 11 is 1.45. The zero-order chi connectivity index (χ0) is 14.5. The van der Waals surface area contributed by atoms with E-state index < -0.39 is 15.7 Å². The van der Waals surface area contributed by atoms with Crippen molar-refractivity contribution < 1.29 is 13.5 Å². The number of β-amino-alcohol motifs (C(OH)–C–C–N with tert-alkyl or cyclic N) is 1. The van der Waals surface area contributed by atoms with Crippen molar-refractivity contribution in [2.45, 2.75) is 29.7 Å². The first-order valence-corrected chi connectivity index (χ1v) is 8.65. The Kier molecular flexibility index (Phi) is 3.20. The number of nitrogens with zero attached hydrogens (tertiary/aromatic N) is 2. The molecule has 7 heteroatoms. The summed E-state index contributed by atoms with van der Waals surface area (Å²) in [5.74, 6) is 0. The molecule has 1 saturated heterocycles. The second-order valence-electron chi connectivity index (χ2n) is 5.23.